The van der Waals surface area contributed by atoms with Crippen molar-refractivity contribution in [2.75, 3.05) is 32.1 Å². The van der Waals surface area contributed by atoms with Crippen LogP contribution in [0.1, 0.15) is 17.3 Å². The number of carbonyl (C=O) groups excluding carboxylic acids is 1. The van der Waals surface area contributed by atoms with Crippen LogP contribution < -0.4 is 4.90 Å². The second-order valence-electron chi connectivity index (χ2n) is 5.36. The van der Waals surface area contributed by atoms with Crippen molar-refractivity contribution in [2.24, 2.45) is 5.92 Å². The number of aldehydes is 1. The molecular weight excluding hydrogens is 250 g/mol. The highest BCUT2D eigenvalue weighted by molar-refractivity contribution is 5.76. The van der Waals surface area contributed by atoms with E-state index in [9.17, 15) is 13.6 Å². The van der Waals surface area contributed by atoms with E-state index in [-0.39, 0.29) is 17.3 Å². The Morgan fingerprint density at radius 3 is 2.26 bits per heavy atom. The molecule has 1 aliphatic heterocycles. The molecule has 104 valence electrons. The van der Waals surface area contributed by atoms with E-state index >= 15 is 0 Å². The zero-order valence-corrected chi connectivity index (χ0v) is 11.4. The number of rotatable bonds is 3. The van der Waals surface area contributed by atoms with E-state index in [0.717, 1.165) is 12.1 Å². The first-order chi connectivity index (χ1) is 8.93. The summed E-state index contributed by atoms with van der Waals surface area (Å²) >= 11 is 0. The molecule has 1 aromatic carbocycles. The lowest BCUT2D eigenvalue weighted by Gasteiger charge is -2.23. The minimum Gasteiger partial charge on any atom is -0.365 e. The van der Waals surface area contributed by atoms with Gasteiger partial charge in [0.1, 0.15) is 23.6 Å². The lowest BCUT2D eigenvalue weighted by molar-refractivity contribution is 0.112. The summed E-state index contributed by atoms with van der Waals surface area (Å²) in [7, 11) is 3.93. The first-order valence-electron chi connectivity index (χ1n) is 6.29. The van der Waals surface area contributed by atoms with Gasteiger partial charge in [-0.15, -0.1) is 0 Å². The third kappa shape index (κ3) is 2.61. The van der Waals surface area contributed by atoms with E-state index in [0.29, 0.717) is 25.3 Å². The molecule has 1 aromatic rings. The first kappa shape index (κ1) is 13.9. The number of nitrogens with zero attached hydrogens (tertiary/aromatic N) is 2. The van der Waals surface area contributed by atoms with Crippen LogP contribution >= 0.6 is 0 Å². The van der Waals surface area contributed by atoms with Crippen LogP contribution in [0.25, 0.3) is 0 Å². The molecule has 0 spiro atoms. The van der Waals surface area contributed by atoms with Crippen molar-refractivity contribution in [3.05, 3.63) is 29.3 Å². The fraction of sp³-hybridized carbons (Fsp3) is 0.500. The van der Waals surface area contributed by atoms with E-state index < -0.39 is 11.6 Å². The molecule has 0 N–H and O–H groups in total. The largest absolute Gasteiger partial charge is 0.365 e. The number of halogens is 2. The van der Waals surface area contributed by atoms with Gasteiger partial charge in [-0.1, -0.05) is 6.92 Å². The van der Waals surface area contributed by atoms with Crippen molar-refractivity contribution in [2.45, 2.75) is 13.0 Å². The topological polar surface area (TPSA) is 23.6 Å². The average Bonchev–Trinajstić information content (AvgIpc) is 2.70. The van der Waals surface area contributed by atoms with E-state index in [1.165, 1.54) is 0 Å². The van der Waals surface area contributed by atoms with E-state index in [1.807, 2.05) is 14.1 Å². The molecule has 0 bridgehead atoms. The molecule has 5 heteroatoms. The van der Waals surface area contributed by atoms with Gasteiger partial charge >= 0.3 is 0 Å². The van der Waals surface area contributed by atoms with Crippen LogP contribution in [0.15, 0.2) is 12.1 Å². The van der Waals surface area contributed by atoms with Crippen molar-refractivity contribution >= 4 is 12.0 Å². The normalized spacial score (nSPS) is 23.2. The number of carbonyl (C=O) groups is 1. The molecule has 2 unspecified atom stereocenters. The number of benzene rings is 1. The zero-order valence-electron chi connectivity index (χ0n) is 11.4. The van der Waals surface area contributed by atoms with Crippen LogP contribution in [0.3, 0.4) is 0 Å². The molecule has 2 atom stereocenters. The van der Waals surface area contributed by atoms with Crippen LogP contribution in [0.4, 0.5) is 14.5 Å². The van der Waals surface area contributed by atoms with Gasteiger partial charge in [-0.3, -0.25) is 4.79 Å². The Morgan fingerprint density at radius 2 is 1.84 bits per heavy atom. The van der Waals surface area contributed by atoms with Gasteiger partial charge in [0.25, 0.3) is 0 Å². The third-order valence-corrected chi connectivity index (χ3v) is 3.73. The highest BCUT2D eigenvalue weighted by atomic mass is 19.1. The molecule has 3 nitrogen and oxygen atoms in total. The van der Waals surface area contributed by atoms with Crippen LogP contribution in [0, 0.1) is 17.6 Å². The number of hydrogen-bond acceptors (Lipinski definition) is 3. The fourth-order valence-electron chi connectivity index (χ4n) is 2.76. The predicted octanol–water partition coefficient (Wildman–Crippen LogP) is 2.16. The van der Waals surface area contributed by atoms with Crippen molar-refractivity contribution in [1.82, 2.24) is 4.90 Å². The second-order valence-corrected chi connectivity index (χ2v) is 5.36. The first-order valence-corrected chi connectivity index (χ1v) is 6.29. The zero-order chi connectivity index (χ0) is 14.2. The van der Waals surface area contributed by atoms with Crippen LogP contribution in [0.2, 0.25) is 0 Å². The molecule has 0 saturated carbocycles. The van der Waals surface area contributed by atoms with Crippen molar-refractivity contribution in [3.63, 3.8) is 0 Å². The quantitative estimate of drug-likeness (QED) is 0.785. The number of anilines is 1. The SMILES string of the molecule is CC1CN(c2c(F)cc(C=O)cc2F)CC1N(C)C. The van der Waals surface area contributed by atoms with Crippen molar-refractivity contribution in [1.29, 1.82) is 0 Å². The molecule has 1 saturated heterocycles. The maximum Gasteiger partial charge on any atom is 0.150 e. The summed E-state index contributed by atoms with van der Waals surface area (Å²) in [6.07, 6.45) is 0.450. The molecule has 0 amide bonds. The Morgan fingerprint density at radius 1 is 1.26 bits per heavy atom. The molecule has 1 aliphatic rings. The van der Waals surface area contributed by atoms with Gasteiger partial charge in [-0.05, 0) is 32.1 Å². The highest BCUT2D eigenvalue weighted by Crippen LogP contribution is 2.30. The molecule has 19 heavy (non-hydrogen) atoms. The second kappa shape index (κ2) is 5.25. The lowest BCUT2D eigenvalue weighted by atomic mass is 10.1. The molecule has 0 radical (unpaired) electrons. The summed E-state index contributed by atoms with van der Waals surface area (Å²) in [6.45, 7) is 3.26. The van der Waals surface area contributed by atoms with E-state index in [2.05, 4.69) is 11.8 Å². The van der Waals surface area contributed by atoms with Gasteiger partial charge in [0, 0.05) is 24.7 Å². The van der Waals surface area contributed by atoms with Crippen molar-refractivity contribution in [3.8, 4) is 0 Å². The summed E-state index contributed by atoms with van der Waals surface area (Å²) in [5.41, 5.74) is -0.00282. The Kier molecular flexibility index (Phi) is 3.85. The Balaban J connectivity index is 2.31. The van der Waals surface area contributed by atoms with Gasteiger partial charge in [0.05, 0.1) is 0 Å². The monoisotopic (exact) mass is 268 g/mol. The molecular formula is C14H18F2N2O. The molecule has 1 heterocycles. The molecule has 0 aliphatic carbocycles. The van der Waals surface area contributed by atoms with Gasteiger partial charge in [-0.2, -0.15) is 0 Å². The molecule has 1 fully saturated rings. The minimum absolute atomic E-state index is 0.0233. The van der Waals surface area contributed by atoms with Gasteiger partial charge in [0.2, 0.25) is 0 Å². The summed E-state index contributed by atoms with van der Waals surface area (Å²) in [4.78, 5) is 14.4. The summed E-state index contributed by atoms with van der Waals surface area (Å²) < 4.78 is 27.9. The van der Waals surface area contributed by atoms with Crippen LogP contribution in [0.5, 0.6) is 0 Å². The number of likely N-dealkylation sites (N-methyl/N-ethyl adjacent to an activating group) is 1. The Hall–Kier alpha value is -1.49. The van der Waals surface area contributed by atoms with Gasteiger partial charge in [-0.25, -0.2) is 8.78 Å². The maximum atomic E-state index is 14.0. The summed E-state index contributed by atoms with van der Waals surface area (Å²) in [6, 6.07) is 2.43. The van der Waals surface area contributed by atoms with Crippen LogP contribution in [-0.4, -0.2) is 44.4 Å². The average molecular weight is 268 g/mol. The summed E-state index contributed by atoms with van der Waals surface area (Å²) in [5, 5.41) is 0. The Labute approximate surface area is 111 Å². The third-order valence-electron chi connectivity index (χ3n) is 3.73. The van der Waals surface area contributed by atoms with E-state index in [4.69, 9.17) is 0 Å². The van der Waals surface area contributed by atoms with Crippen molar-refractivity contribution < 1.29 is 13.6 Å². The lowest BCUT2D eigenvalue weighted by Crippen LogP contribution is -2.34. The van der Waals surface area contributed by atoms with Crippen LogP contribution in [-0.2, 0) is 0 Å². The summed E-state index contributed by atoms with van der Waals surface area (Å²) in [5.74, 6) is -1.01. The highest BCUT2D eigenvalue weighted by Gasteiger charge is 2.33. The van der Waals surface area contributed by atoms with E-state index in [1.54, 1.807) is 4.90 Å². The number of hydrogen-bond donors (Lipinski definition) is 0. The molecule has 0 aromatic heterocycles. The smallest absolute Gasteiger partial charge is 0.150 e. The van der Waals surface area contributed by atoms with Gasteiger partial charge < -0.3 is 9.80 Å². The predicted molar refractivity (Wildman–Crippen MR) is 70.6 cm³/mol. The standard InChI is InChI=1S/C14H18F2N2O/c1-9-6-18(7-13(9)17(2)3)14-11(15)4-10(8-19)5-12(14)16/h4-5,8-9,13H,6-7H2,1-3H3. The fourth-order valence-corrected chi connectivity index (χ4v) is 2.76. The maximum absolute atomic E-state index is 14.0. The Bertz CT molecular complexity index is 467. The molecule has 2 rings (SSSR count). The van der Waals surface area contributed by atoms with Gasteiger partial charge in [0.15, 0.2) is 0 Å². The minimum atomic E-state index is -0.672.